The maximum atomic E-state index is 12.5. The highest BCUT2D eigenvalue weighted by molar-refractivity contribution is 5.95. The van der Waals surface area contributed by atoms with Crippen molar-refractivity contribution in [3.63, 3.8) is 0 Å². The van der Waals surface area contributed by atoms with Gasteiger partial charge < -0.3 is 19.9 Å². The highest BCUT2D eigenvalue weighted by Crippen LogP contribution is 2.28. The van der Waals surface area contributed by atoms with E-state index in [-0.39, 0.29) is 12.5 Å². The highest BCUT2D eigenvalue weighted by Gasteiger charge is 2.39. The molecular weight excluding hydrogens is 348 g/mol. The third-order valence-electron chi connectivity index (χ3n) is 4.42. The summed E-state index contributed by atoms with van der Waals surface area (Å²) >= 11 is 0. The second-order valence-electron chi connectivity index (χ2n) is 6.01. The van der Waals surface area contributed by atoms with Crippen LogP contribution in [0.5, 0.6) is 5.88 Å². The summed E-state index contributed by atoms with van der Waals surface area (Å²) in [5.41, 5.74) is -0.193. The lowest BCUT2D eigenvalue weighted by Crippen LogP contribution is -2.46. The molecule has 1 heterocycles. The van der Waals surface area contributed by atoms with E-state index in [1.165, 1.54) is 12.3 Å². The van der Waals surface area contributed by atoms with Gasteiger partial charge in [0.2, 0.25) is 5.88 Å². The molecule has 1 atom stereocenters. The molecule has 1 unspecified atom stereocenters. The van der Waals surface area contributed by atoms with Crippen molar-refractivity contribution < 1.29 is 24.2 Å². The lowest BCUT2D eigenvalue weighted by atomic mass is 9.78. The number of pyridine rings is 1. The van der Waals surface area contributed by atoms with Crippen molar-refractivity contribution in [2.45, 2.75) is 18.8 Å². The van der Waals surface area contributed by atoms with Crippen molar-refractivity contribution >= 4 is 11.9 Å². The lowest BCUT2D eigenvalue weighted by molar-refractivity contribution is -0.143. The number of nitrogens with one attached hydrogen (secondary N) is 1. The van der Waals surface area contributed by atoms with Gasteiger partial charge in [-0.15, -0.1) is 0 Å². The van der Waals surface area contributed by atoms with Crippen molar-refractivity contribution in [1.82, 2.24) is 10.3 Å². The average molecular weight is 372 g/mol. The molecule has 144 valence electrons. The third kappa shape index (κ3) is 5.04. The van der Waals surface area contributed by atoms with E-state index in [1.807, 2.05) is 6.07 Å². The predicted octanol–water partition coefficient (Wildman–Crippen LogP) is 2.27. The smallest absolute Gasteiger partial charge is 0.315 e. The van der Waals surface area contributed by atoms with E-state index in [2.05, 4.69) is 10.3 Å². The largest absolute Gasteiger partial charge is 0.481 e. The maximum absolute atomic E-state index is 12.5. The van der Waals surface area contributed by atoms with Gasteiger partial charge in [-0.25, -0.2) is 4.98 Å². The Morgan fingerprint density at radius 2 is 1.93 bits per heavy atom. The molecule has 0 bridgehead atoms. The zero-order chi connectivity index (χ0) is 19.7. The Kier molecular flexibility index (Phi) is 7.31. The van der Waals surface area contributed by atoms with Crippen LogP contribution < -0.4 is 10.1 Å². The molecule has 2 N–H and O–H groups in total. The minimum absolute atomic E-state index is 0.0239. The highest BCUT2D eigenvalue weighted by atomic mass is 16.5. The van der Waals surface area contributed by atoms with Gasteiger partial charge in [-0.05, 0) is 18.1 Å². The van der Waals surface area contributed by atoms with E-state index in [0.29, 0.717) is 36.6 Å². The molecule has 0 fully saturated rings. The molecule has 1 aromatic heterocycles. The van der Waals surface area contributed by atoms with Crippen LogP contribution in [0.3, 0.4) is 0 Å². The Balaban J connectivity index is 2.12. The Morgan fingerprint density at radius 1 is 1.19 bits per heavy atom. The Bertz CT molecular complexity index is 766. The summed E-state index contributed by atoms with van der Waals surface area (Å²) in [5, 5.41) is 12.6. The standard InChI is InChI=1S/C20H24N2O5/c1-3-20(19(24)25,16-7-5-4-6-8-16)14-22-18(23)15-9-10-21-17(13-15)27-12-11-26-2/h4-10,13H,3,11-12,14H2,1-2H3,(H,22,23)(H,24,25). The number of hydrogen-bond donors (Lipinski definition) is 2. The second-order valence-corrected chi connectivity index (χ2v) is 6.01. The maximum Gasteiger partial charge on any atom is 0.315 e. The van der Waals surface area contributed by atoms with Crippen LogP contribution in [0.4, 0.5) is 0 Å². The van der Waals surface area contributed by atoms with Gasteiger partial charge in [0.15, 0.2) is 0 Å². The first-order valence-electron chi connectivity index (χ1n) is 8.68. The molecular formula is C20H24N2O5. The van der Waals surface area contributed by atoms with Crippen LogP contribution in [0, 0.1) is 0 Å². The first kappa shape index (κ1) is 20.4. The number of hydrogen-bond acceptors (Lipinski definition) is 5. The number of carboxylic acid groups (broad SMARTS) is 1. The van der Waals surface area contributed by atoms with Crippen LogP contribution in [0.25, 0.3) is 0 Å². The summed E-state index contributed by atoms with van der Waals surface area (Å²) in [5.74, 6) is -1.05. The summed E-state index contributed by atoms with van der Waals surface area (Å²) in [6, 6.07) is 12.0. The summed E-state index contributed by atoms with van der Waals surface area (Å²) in [6.45, 7) is 2.50. The van der Waals surface area contributed by atoms with E-state index < -0.39 is 11.4 Å². The fraction of sp³-hybridized carbons (Fsp3) is 0.350. The number of aromatic nitrogens is 1. The molecule has 0 aliphatic rings. The number of nitrogens with zero attached hydrogens (tertiary/aromatic N) is 1. The van der Waals surface area contributed by atoms with Gasteiger partial charge in [0.25, 0.3) is 5.91 Å². The van der Waals surface area contributed by atoms with Gasteiger partial charge in [0, 0.05) is 31.5 Å². The molecule has 0 saturated heterocycles. The van der Waals surface area contributed by atoms with Gasteiger partial charge >= 0.3 is 5.97 Å². The van der Waals surface area contributed by atoms with Crippen molar-refractivity contribution in [2.75, 3.05) is 26.9 Å². The van der Waals surface area contributed by atoms with Crippen LogP contribution >= 0.6 is 0 Å². The van der Waals surface area contributed by atoms with Crippen LogP contribution in [0.1, 0.15) is 29.3 Å². The average Bonchev–Trinajstić information content (AvgIpc) is 2.69. The first-order chi connectivity index (χ1) is 13.0. The Morgan fingerprint density at radius 3 is 2.56 bits per heavy atom. The topological polar surface area (TPSA) is 97.8 Å². The number of methoxy groups -OCH3 is 1. The van der Waals surface area contributed by atoms with Crippen LogP contribution in [-0.2, 0) is 14.9 Å². The fourth-order valence-corrected chi connectivity index (χ4v) is 2.73. The summed E-state index contributed by atoms with van der Waals surface area (Å²) < 4.78 is 10.3. The minimum Gasteiger partial charge on any atom is -0.481 e. The third-order valence-corrected chi connectivity index (χ3v) is 4.42. The molecule has 2 rings (SSSR count). The molecule has 0 saturated carbocycles. The van der Waals surface area contributed by atoms with Gasteiger partial charge in [-0.1, -0.05) is 37.3 Å². The Hall–Kier alpha value is -2.93. The molecule has 1 amide bonds. The van der Waals surface area contributed by atoms with E-state index >= 15 is 0 Å². The van der Waals surface area contributed by atoms with Crippen LogP contribution in [0.2, 0.25) is 0 Å². The quantitative estimate of drug-likeness (QED) is 0.621. The van der Waals surface area contributed by atoms with Gasteiger partial charge in [0.05, 0.1) is 6.61 Å². The van der Waals surface area contributed by atoms with Crippen molar-refractivity contribution in [3.05, 3.63) is 59.8 Å². The zero-order valence-corrected chi connectivity index (χ0v) is 15.5. The number of benzene rings is 1. The first-order valence-corrected chi connectivity index (χ1v) is 8.68. The lowest BCUT2D eigenvalue weighted by Gasteiger charge is -2.29. The molecule has 0 radical (unpaired) electrons. The fourth-order valence-electron chi connectivity index (χ4n) is 2.73. The second kappa shape index (κ2) is 9.68. The molecule has 0 aliphatic heterocycles. The van der Waals surface area contributed by atoms with Gasteiger partial charge in [0.1, 0.15) is 12.0 Å². The summed E-state index contributed by atoms with van der Waals surface area (Å²) in [6.07, 6.45) is 1.81. The summed E-state index contributed by atoms with van der Waals surface area (Å²) in [7, 11) is 1.57. The van der Waals surface area contributed by atoms with Gasteiger partial charge in [-0.2, -0.15) is 0 Å². The van der Waals surface area contributed by atoms with Crippen molar-refractivity contribution in [1.29, 1.82) is 0 Å². The molecule has 7 heteroatoms. The normalized spacial score (nSPS) is 12.8. The number of carbonyl (C=O) groups is 2. The van der Waals surface area contributed by atoms with Crippen molar-refractivity contribution in [2.24, 2.45) is 0 Å². The van der Waals surface area contributed by atoms with Crippen LogP contribution in [0.15, 0.2) is 48.7 Å². The van der Waals surface area contributed by atoms with Gasteiger partial charge in [-0.3, -0.25) is 9.59 Å². The molecule has 0 aliphatic carbocycles. The molecule has 7 nitrogen and oxygen atoms in total. The predicted molar refractivity (Wildman–Crippen MR) is 100.0 cm³/mol. The number of carbonyl (C=O) groups excluding carboxylic acids is 1. The summed E-state index contributed by atoms with van der Waals surface area (Å²) in [4.78, 5) is 28.6. The van der Waals surface area contributed by atoms with E-state index in [4.69, 9.17) is 9.47 Å². The number of aliphatic carboxylic acids is 1. The monoisotopic (exact) mass is 372 g/mol. The zero-order valence-electron chi connectivity index (χ0n) is 15.5. The van der Waals surface area contributed by atoms with E-state index in [0.717, 1.165) is 0 Å². The molecule has 2 aromatic rings. The molecule has 0 spiro atoms. The van der Waals surface area contributed by atoms with E-state index in [9.17, 15) is 14.7 Å². The van der Waals surface area contributed by atoms with Crippen molar-refractivity contribution in [3.8, 4) is 5.88 Å². The van der Waals surface area contributed by atoms with Crippen LogP contribution in [-0.4, -0.2) is 48.8 Å². The molecule has 27 heavy (non-hydrogen) atoms. The minimum atomic E-state index is -1.19. The number of carboxylic acids is 1. The number of rotatable bonds is 10. The SMILES string of the molecule is CCC(CNC(=O)c1ccnc(OCCOC)c1)(C(=O)O)c1ccccc1. The van der Waals surface area contributed by atoms with E-state index in [1.54, 1.807) is 44.4 Å². The molecule has 1 aromatic carbocycles. The number of amides is 1. The number of ether oxygens (including phenoxy) is 2. The Labute approximate surface area is 158 Å².